The first-order valence-electron chi connectivity index (χ1n) is 10.5. The van der Waals surface area contributed by atoms with Crippen LogP contribution in [0.15, 0.2) is 72.3 Å². The molecule has 1 heterocycles. The van der Waals surface area contributed by atoms with E-state index in [1.54, 1.807) is 18.2 Å². The molecule has 1 aliphatic rings. The molecule has 3 aromatic carbocycles. The Bertz CT molecular complexity index is 1260. The fourth-order valence-corrected chi connectivity index (χ4v) is 4.17. The number of Topliss-reactive ketones (excluding diaryl/α,β-unsaturated/α-hetero) is 1. The third-order valence-corrected chi connectivity index (χ3v) is 6.06. The Hall–Kier alpha value is -4.06. The molecule has 3 aromatic rings. The normalized spacial score (nSPS) is 17.3. The van der Waals surface area contributed by atoms with E-state index in [1.807, 2.05) is 62.4 Å². The lowest BCUT2D eigenvalue weighted by Gasteiger charge is -2.27. The monoisotopic (exact) mass is 443 g/mol. The summed E-state index contributed by atoms with van der Waals surface area (Å²) >= 11 is 0. The largest absolute Gasteiger partial charge is 0.507 e. The molecule has 0 saturated carbocycles. The van der Waals surface area contributed by atoms with Crippen LogP contribution >= 0.6 is 0 Å². The highest BCUT2D eigenvalue weighted by atomic mass is 16.5. The molecule has 1 fully saturated rings. The van der Waals surface area contributed by atoms with Crippen LogP contribution in [0.3, 0.4) is 0 Å². The van der Waals surface area contributed by atoms with Crippen molar-refractivity contribution < 1.29 is 24.2 Å². The molecule has 0 bridgehead atoms. The van der Waals surface area contributed by atoms with Crippen molar-refractivity contribution in [3.05, 3.63) is 94.6 Å². The molecule has 1 N–H and O–H groups in total. The second-order valence-electron chi connectivity index (χ2n) is 7.87. The Kier molecular flexibility index (Phi) is 5.92. The Morgan fingerprint density at radius 2 is 1.64 bits per heavy atom. The number of anilines is 1. The van der Waals surface area contributed by atoms with Gasteiger partial charge in [0.25, 0.3) is 11.7 Å². The summed E-state index contributed by atoms with van der Waals surface area (Å²) in [7, 11) is 2.98. The summed E-state index contributed by atoms with van der Waals surface area (Å²) in [6.45, 7) is 3.87. The molecule has 0 spiro atoms. The van der Waals surface area contributed by atoms with E-state index in [1.165, 1.54) is 19.1 Å². The molecule has 4 rings (SSSR count). The predicted octanol–water partition coefficient (Wildman–Crippen LogP) is 4.95. The SMILES string of the molecule is COc1ccc(OC)c(/C(O)=C2\C(=O)C(=O)N(c3cccc(C)c3C)C2c2ccccc2)c1. The minimum Gasteiger partial charge on any atom is -0.507 e. The van der Waals surface area contributed by atoms with Gasteiger partial charge in [-0.2, -0.15) is 0 Å². The summed E-state index contributed by atoms with van der Waals surface area (Å²) in [4.78, 5) is 28.2. The van der Waals surface area contributed by atoms with Crippen LogP contribution in [-0.4, -0.2) is 31.0 Å². The molecule has 33 heavy (non-hydrogen) atoms. The maximum absolute atomic E-state index is 13.4. The summed E-state index contributed by atoms with van der Waals surface area (Å²) in [6, 6.07) is 19.0. The summed E-state index contributed by atoms with van der Waals surface area (Å²) in [5.74, 6) is -0.922. The number of benzene rings is 3. The van der Waals surface area contributed by atoms with Crippen LogP contribution < -0.4 is 14.4 Å². The van der Waals surface area contributed by atoms with E-state index >= 15 is 0 Å². The molecule has 0 aromatic heterocycles. The van der Waals surface area contributed by atoms with Crippen LogP contribution in [-0.2, 0) is 9.59 Å². The zero-order valence-corrected chi connectivity index (χ0v) is 19.0. The topological polar surface area (TPSA) is 76.1 Å². The van der Waals surface area contributed by atoms with Crippen molar-refractivity contribution in [1.82, 2.24) is 0 Å². The fourth-order valence-electron chi connectivity index (χ4n) is 4.17. The van der Waals surface area contributed by atoms with Crippen molar-refractivity contribution in [1.29, 1.82) is 0 Å². The molecular formula is C27H25NO5. The lowest BCUT2D eigenvalue weighted by molar-refractivity contribution is -0.132. The van der Waals surface area contributed by atoms with Crippen LogP contribution in [0.1, 0.15) is 28.3 Å². The van der Waals surface area contributed by atoms with Gasteiger partial charge in [-0.3, -0.25) is 14.5 Å². The molecule has 1 unspecified atom stereocenters. The first-order chi connectivity index (χ1) is 15.9. The molecular weight excluding hydrogens is 418 g/mol. The number of aliphatic hydroxyl groups excluding tert-OH is 1. The number of hydrogen-bond acceptors (Lipinski definition) is 5. The Balaban J connectivity index is 2.01. The number of carbonyl (C=O) groups excluding carboxylic acids is 2. The number of ether oxygens (including phenoxy) is 2. The summed E-state index contributed by atoms with van der Waals surface area (Å²) in [5.41, 5.74) is 3.49. The first kappa shape index (κ1) is 22.1. The molecule has 1 aliphatic heterocycles. The Morgan fingerprint density at radius 1 is 0.909 bits per heavy atom. The molecule has 0 radical (unpaired) electrons. The number of carbonyl (C=O) groups is 2. The number of rotatable bonds is 5. The van der Waals surface area contributed by atoms with Gasteiger partial charge >= 0.3 is 0 Å². The van der Waals surface area contributed by atoms with Gasteiger partial charge in [0.15, 0.2) is 0 Å². The van der Waals surface area contributed by atoms with Crippen LogP contribution in [0.2, 0.25) is 0 Å². The molecule has 6 heteroatoms. The average Bonchev–Trinajstić information content (AvgIpc) is 3.10. The van der Waals surface area contributed by atoms with Crippen LogP contribution in [0.25, 0.3) is 5.76 Å². The van der Waals surface area contributed by atoms with Gasteiger partial charge < -0.3 is 14.6 Å². The third kappa shape index (κ3) is 3.74. The second kappa shape index (κ2) is 8.82. The first-order valence-corrected chi connectivity index (χ1v) is 10.5. The van der Waals surface area contributed by atoms with E-state index in [0.29, 0.717) is 22.7 Å². The fraction of sp³-hybridized carbons (Fsp3) is 0.185. The van der Waals surface area contributed by atoms with Gasteiger partial charge in [0, 0.05) is 5.69 Å². The second-order valence-corrected chi connectivity index (χ2v) is 7.87. The van der Waals surface area contributed by atoms with Gasteiger partial charge in [-0.05, 0) is 54.8 Å². The van der Waals surface area contributed by atoms with Crippen molar-refractivity contribution in [2.45, 2.75) is 19.9 Å². The van der Waals surface area contributed by atoms with Crippen molar-refractivity contribution in [2.24, 2.45) is 0 Å². The number of amides is 1. The summed E-state index contributed by atoms with van der Waals surface area (Å²) in [5, 5.41) is 11.4. The van der Waals surface area contributed by atoms with E-state index in [2.05, 4.69) is 0 Å². The molecule has 0 aliphatic carbocycles. The van der Waals surface area contributed by atoms with Gasteiger partial charge in [-0.25, -0.2) is 0 Å². The highest BCUT2D eigenvalue weighted by Gasteiger charge is 2.47. The smallest absolute Gasteiger partial charge is 0.300 e. The van der Waals surface area contributed by atoms with Crippen molar-refractivity contribution >= 4 is 23.1 Å². The van der Waals surface area contributed by atoms with Gasteiger partial charge in [0.05, 0.1) is 31.4 Å². The summed E-state index contributed by atoms with van der Waals surface area (Å²) < 4.78 is 10.7. The van der Waals surface area contributed by atoms with E-state index in [4.69, 9.17) is 9.47 Å². The van der Waals surface area contributed by atoms with E-state index in [0.717, 1.165) is 11.1 Å². The van der Waals surface area contributed by atoms with Gasteiger partial charge in [0.1, 0.15) is 17.3 Å². The van der Waals surface area contributed by atoms with Crippen molar-refractivity contribution in [2.75, 3.05) is 19.1 Å². The quantitative estimate of drug-likeness (QED) is 0.343. The van der Waals surface area contributed by atoms with E-state index < -0.39 is 17.7 Å². The number of aliphatic hydroxyl groups is 1. The number of aryl methyl sites for hydroxylation is 1. The van der Waals surface area contributed by atoms with Crippen molar-refractivity contribution in [3.63, 3.8) is 0 Å². The molecule has 1 amide bonds. The number of methoxy groups -OCH3 is 2. The van der Waals surface area contributed by atoms with Gasteiger partial charge in [0.2, 0.25) is 0 Å². The highest BCUT2D eigenvalue weighted by molar-refractivity contribution is 6.51. The maximum atomic E-state index is 13.4. The molecule has 6 nitrogen and oxygen atoms in total. The zero-order valence-electron chi connectivity index (χ0n) is 19.0. The lowest BCUT2D eigenvalue weighted by atomic mass is 9.94. The minimum absolute atomic E-state index is 0.00124. The van der Waals surface area contributed by atoms with Crippen LogP contribution in [0.4, 0.5) is 5.69 Å². The Morgan fingerprint density at radius 3 is 2.30 bits per heavy atom. The van der Waals surface area contributed by atoms with Crippen LogP contribution in [0, 0.1) is 13.8 Å². The predicted molar refractivity (Wildman–Crippen MR) is 127 cm³/mol. The summed E-state index contributed by atoms with van der Waals surface area (Å²) in [6.07, 6.45) is 0. The van der Waals surface area contributed by atoms with E-state index in [9.17, 15) is 14.7 Å². The van der Waals surface area contributed by atoms with Crippen LogP contribution in [0.5, 0.6) is 11.5 Å². The third-order valence-electron chi connectivity index (χ3n) is 6.06. The highest BCUT2D eigenvalue weighted by Crippen LogP contribution is 2.44. The molecule has 1 saturated heterocycles. The molecule has 168 valence electrons. The van der Waals surface area contributed by atoms with Gasteiger partial charge in [-0.1, -0.05) is 42.5 Å². The van der Waals surface area contributed by atoms with E-state index in [-0.39, 0.29) is 16.9 Å². The number of ketones is 1. The minimum atomic E-state index is -0.803. The number of hydrogen-bond donors (Lipinski definition) is 1. The maximum Gasteiger partial charge on any atom is 0.300 e. The van der Waals surface area contributed by atoms with Crippen molar-refractivity contribution in [3.8, 4) is 11.5 Å². The number of nitrogens with zero attached hydrogens (tertiary/aromatic N) is 1. The molecule has 1 atom stereocenters. The zero-order chi connectivity index (χ0) is 23.7. The lowest BCUT2D eigenvalue weighted by Crippen LogP contribution is -2.30. The average molecular weight is 443 g/mol. The Labute approximate surface area is 192 Å². The van der Waals surface area contributed by atoms with Gasteiger partial charge in [-0.15, -0.1) is 0 Å². The standard InChI is InChI=1S/C27H25NO5/c1-16-9-8-12-21(17(16)2)28-24(18-10-6-5-7-11-18)23(26(30)27(28)31)25(29)20-15-19(32-3)13-14-22(20)33-4/h5-15,24,29H,1-4H3/b25-23+.